The van der Waals surface area contributed by atoms with Gasteiger partial charge in [-0.3, -0.25) is 4.79 Å². The van der Waals surface area contributed by atoms with Crippen LogP contribution in [0.25, 0.3) is 0 Å². The molecule has 70 valence electrons. The number of hydrogen-bond acceptors (Lipinski definition) is 1. The summed E-state index contributed by atoms with van der Waals surface area (Å²) in [5, 5.41) is 0.699. The van der Waals surface area contributed by atoms with Crippen LogP contribution in [0.2, 0.25) is 10.0 Å². The van der Waals surface area contributed by atoms with Gasteiger partial charge in [-0.25, -0.2) is 0 Å². The first-order valence-electron chi connectivity index (χ1n) is 3.61. The largest absolute Gasteiger partial charge is 0.293 e. The topological polar surface area (TPSA) is 17.1 Å². The van der Waals surface area contributed by atoms with Crippen LogP contribution in [-0.4, -0.2) is 11.7 Å². The fraction of sp³-hybridized carbons (Fsp3) is 0.222. The zero-order valence-corrected chi connectivity index (χ0v) is 9.17. The lowest BCUT2D eigenvalue weighted by molar-refractivity contribution is 0.102. The normalized spacial score (nSPS) is 10.2. The number of carbonyl (C=O) groups is 1. The molecule has 13 heavy (non-hydrogen) atoms. The van der Waals surface area contributed by atoms with Gasteiger partial charge >= 0.3 is 0 Å². The van der Waals surface area contributed by atoms with Crippen molar-refractivity contribution in [1.82, 2.24) is 0 Å². The minimum Gasteiger partial charge on any atom is -0.293 e. The van der Waals surface area contributed by atoms with Crippen molar-refractivity contribution >= 4 is 40.6 Å². The quantitative estimate of drug-likeness (QED) is 0.566. The Morgan fingerprint density at radius 1 is 1.31 bits per heavy atom. The number of aryl methyl sites for hydroxylation is 1. The summed E-state index contributed by atoms with van der Waals surface area (Å²) in [7, 11) is 0. The Kier molecular flexibility index (Phi) is 3.60. The van der Waals surface area contributed by atoms with E-state index in [1.54, 1.807) is 12.1 Å². The maximum atomic E-state index is 11.2. The molecule has 0 aliphatic heterocycles. The molecular weight excluding hydrogens is 230 g/mol. The third kappa shape index (κ3) is 2.16. The van der Waals surface area contributed by atoms with Gasteiger partial charge in [-0.2, -0.15) is 0 Å². The highest BCUT2D eigenvalue weighted by Gasteiger charge is 2.12. The molecule has 1 aromatic rings. The molecule has 0 unspecified atom stereocenters. The van der Waals surface area contributed by atoms with E-state index in [-0.39, 0.29) is 16.7 Å². The van der Waals surface area contributed by atoms with E-state index in [0.717, 1.165) is 5.56 Å². The number of ketones is 1. The molecule has 0 aliphatic carbocycles. The maximum Gasteiger partial charge on any atom is 0.179 e. The average molecular weight is 238 g/mol. The van der Waals surface area contributed by atoms with E-state index in [1.807, 2.05) is 6.92 Å². The lowest BCUT2D eigenvalue weighted by Crippen LogP contribution is -2.01. The fourth-order valence-corrected chi connectivity index (χ4v) is 1.56. The van der Waals surface area contributed by atoms with Gasteiger partial charge in [0.2, 0.25) is 0 Å². The van der Waals surface area contributed by atoms with Gasteiger partial charge in [0.05, 0.1) is 15.9 Å². The van der Waals surface area contributed by atoms with Crippen LogP contribution < -0.4 is 0 Å². The van der Waals surface area contributed by atoms with Crippen molar-refractivity contribution in [2.75, 3.05) is 5.88 Å². The van der Waals surface area contributed by atoms with Crippen molar-refractivity contribution in [3.63, 3.8) is 0 Å². The molecule has 0 aliphatic rings. The van der Waals surface area contributed by atoms with Crippen molar-refractivity contribution in [2.45, 2.75) is 6.92 Å². The Bertz CT molecular complexity index is 347. The van der Waals surface area contributed by atoms with Gasteiger partial charge in [-0.1, -0.05) is 29.3 Å². The fourth-order valence-electron chi connectivity index (χ4n) is 0.933. The van der Waals surface area contributed by atoms with Gasteiger partial charge < -0.3 is 0 Å². The Balaban J connectivity index is 3.26. The number of Topliss-reactive ketones (excluding diaryl/α,β-unsaturated/α-hetero) is 1. The summed E-state index contributed by atoms with van der Waals surface area (Å²) in [6.07, 6.45) is 0. The van der Waals surface area contributed by atoms with Gasteiger partial charge in [0.1, 0.15) is 0 Å². The molecule has 0 fully saturated rings. The second-order valence-corrected chi connectivity index (χ2v) is 3.64. The van der Waals surface area contributed by atoms with Crippen LogP contribution in [0.3, 0.4) is 0 Å². The second kappa shape index (κ2) is 4.32. The molecule has 0 amide bonds. The van der Waals surface area contributed by atoms with Gasteiger partial charge in [0.15, 0.2) is 5.78 Å². The average Bonchev–Trinajstić information content (AvgIpc) is 2.13. The molecule has 0 radical (unpaired) electrons. The molecule has 0 N–H and O–H groups in total. The van der Waals surface area contributed by atoms with E-state index in [2.05, 4.69) is 0 Å². The van der Waals surface area contributed by atoms with E-state index in [1.165, 1.54) is 0 Å². The zero-order chi connectivity index (χ0) is 10.0. The number of rotatable bonds is 2. The summed E-state index contributed by atoms with van der Waals surface area (Å²) in [5.41, 5.74) is 1.23. The monoisotopic (exact) mass is 236 g/mol. The molecule has 0 atom stereocenters. The summed E-state index contributed by atoms with van der Waals surface area (Å²) in [4.78, 5) is 11.2. The molecule has 0 saturated carbocycles. The van der Waals surface area contributed by atoms with Crippen molar-refractivity contribution in [3.05, 3.63) is 33.3 Å². The number of hydrogen-bond donors (Lipinski definition) is 0. The number of alkyl halides is 1. The molecule has 1 nitrogen and oxygen atoms in total. The minimum atomic E-state index is -0.214. The van der Waals surface area contributed by atoms with Crippen LogP contribution >= 0.6 is 34.8 Å². The van der Waals surface area contributed by atoms with Crippen LogP contribution in [0.15, 0.2) is 12.1 Å². The number of halogens is 3. The lowest BCUT2D eigenvalue weighted by atomic mass is 10.1. The summed E-state index contributed by atoms with van der Waals surface area (Å²) in [6, 6.07) is 3.38. The summed E-state index contributed by atoms with van der Waals surface area (Å²) in [5.74, 6) is -0.299. The van der Waals surface area contributed by atoms with E-state index in [9.17, 15) is 4.79 Å². The van der Waals surface area contributed by atoms with E-state index < -0.39 is 0 Å². The second-order valence-electron chi connectivity index (χ2n) is 2.61. The standard InChI is InChI=1S/C9H7Cl3O/c1-5-2-3-6(7(13)4-10)9(12)8(5)11/h2-3H,4H2,1H3. The molecule has 0 bridgehead atoms. The first-order valence-corrected chi connectivity index (χ1v) is 4.90. The Morgan fingerprint density at radius 3 is 2.46 bits per heavy atom. The lowest BCUT2D eigenvalue weighted by Gasteiger charge is -2.05. The molecule has 4 heteroatoms. The molecular formula is C9H7Cl3O. The molecule has 0 spiro atoms. The number of carbonyl (C=O) groups excluding carboxylic acids is 1. The third-order valence-corrected chi connectivity index (χ3v) is 2.92. The summed E-state index contributed by atoms with van der Waals surface area (Å²) in [6.45, 7) is 1.82. The van der Waals surface area contributed by atoms with Crippen LogP contribution in [0.4, 0.5) is 0 Å². The molecule has 0 saturated heterocycles. The third-order valence-electron chi connectivity index (χ3n) is 1.70. The van der Waals surface area contributed by atoms with Gasteiger partial charge in [-0.15, -0.1) is 11.6 Å². The highest BCUT2D eigenvalue weighted by atomic mass is 35.5. The molecule has 0 heterocycles. The predicted octanol–water partition coefficient (Wildman–Crippen LogP) is 3.72. The van der Waals surface area contributed by atoms with Crippen molar-refractivity contribution in [2.24, 2.45) is 0 Å². The highest BCUT2D eigenvalue weighted by molar-refractivity contribution is 6.45. The Labute approximate surface area is 91.6 Å². The van der Waals surface area contributed by atoms with E-state index in [0.29, 0.717) is 10.6 Å². The number of benzene rings is 1. The van der Waals surface area contributed by atoms with E-state index in [4.69, 9.17) is 34.8 Å². The summed E-state index contributed by atoms with van der Waals surface area (Å²) >= 11 is 17.1. The predicted molar refractivity (Wildman–Crippen MR) is 56.2 cm³/mol. The molecule has 1 aromatic carbocycles. The van der Waals surface area contributed by atoms with Crippen molar-refractivity contribution in [3.8, 4) is 0 Å². The first kappa shape index (κ1) is 10.8. The van der Waals surface area contributed by atoms with Gasteiger partial charge in [0.25, 0.3) is 0 Å². The maximum absolute atomic E-state index is 11.2. The SMILES string of the molecule is Cc1ccc(C(=O)CCl)c(Cl)c1Cl. The van der Waals surface area contributed by atoms with E-state index >= 15 is 0 Å². The van der Waals surface area contributed by atoms with Gasteiger partial charge in [0, 0.05) is 5.56 Å². The van der Waals surface area contributed by atoms with Crippen LogP contribution in [0, 0.1) is 6.92 Å². The van der Waals surface area contributed by atoms with Gasteiger partial charge in [-0.05, 0) is 18.6 Å². The highest BCUT2D eigenvalue weighted by Crippen LogP contribution is 2.29. The zero-order valence-electron chi connectivity index (χ0n) is 6.90. The van der Waals surface area contributed by atoms with Crippen molar-refractivity contribution in [1.29, 1.82) is 0 Å². The first-order chi connectivity index (χ1) is 6.07. The smallest absolute Gasteiger partial charge is 0.179 e. The van der Waals surface area contributed by atoms with Crippen LogP contribution in [0.1, 0.15) is 15.9 Å². The molecule has 1 rings (SSSR count). The molecule has 0 aromatic heterocycles. The minimum absolute atomic E-state index is 0.0842. The van der Waals surface area contributed by atoms with Crippen molar-refractivity contribution < 1.29 is 4.79 Å². The van der Waals surface area contributed by atoms with Crippen LogP contribution in [0.5, 0.6) is 0 Å². The van der Waals surface area contributed by atoms with Crippen LogP contribution in [-0.2, 0) is 0 Å². The summed E-state index contributed by atoms with van der Waals surface area (Å²) < 4.78 is 0. The Hall–Kier alpha value is -0.240. The Morgan fingerprint density at radius 2 is 1.92 bits per heavy atom.